The smallest absolute Gasteiger partial charge is 0.257 e. The molecule has 136 valence electrons. The van der Waals surface area contributed by atoms with Crippen LogP contribution in [0.25, 0.3) is 0 Å². The number of likely N-dealkylation sites (tertiary alicyclic amines) is 1. The Bertz CT molecular complexity index is 521. The molecule has 4 heteroatoms. The molecule has 24 heavy (non-hydrogen) atoms. The number of carbonyl (C=O) groups excluding carboxylic acids is 1. The van der Waals surface area contributed by atoms with E-state index in [1.165, 1.54) is 0 Å². The Kier molecular flexibility index (Phi) is 5.79. The van der Waals surface area contributed by atoms with Crippen molar-refractivity contribution in [3.63, 3.8) is 0 Å². The average molecular weight is 335 g/mol. The summed E-state index contributed by atoms with van der Waals surface area (Å²) in [5.41, 5.74) is 0.925. The van der Waals surface area contributed by atoms with E-state index in [0.29, 0.717) is 12.6 Å². The normalized spacial score (nSPS) is 22.2. The van der Waals surface area contributed by atoms with Crippen LogP contribution < -0.4 is 5.32 Å². The first kappa shape index (κ1) is 19.0. The fourth-order valence-electron chi connectivity index (χ4n) is 3.13. The van der Waals surface area contributed by atoms with Gasteiger partial charge in [-0.1, -0.05) is 32.9 Å². The highest BCUT2D eigenvalue weighted by Gasteiger charge is 2.31. The number of hydrogen-bond donors (Lipinski definition) is 1. The number of amides is 1. The predicted molar refractivity (Wildman–Crippen MR) is 98.7 cm³/mol. The van der Waals surface area contributed by atoms with Gasteiger partial charge in [-0.2, -0.15) is 0 Å². The van der Waals surface area contributed by atoms with Crippen molar-refractivity contribution in [2.75, 3.05) is 19.7 Å². The molecule has 1 fully saturated rings. The standard InChI is InChI=1S/C20H34N2O2/c1-19(2,3)14-24-17-10-8-7-9-16(17)18(23)22-12-11-15(13-22)21-20(4,5)6/h7,9,15,21H,8,10-14H2,1-6H3/t15-/m1/s1. The molecule has 1 aliphatic heterocycles. The third-order valence-corrected chi connectivity index (χ3v) is 4.15. The number of nitrogens with zero attached hydrogens (tertiary/aromatic N) is 1. The minimum Gasteiger partial charge on any atom is -0.497 e. The summed E-state index contributed by atoms with van der Waals surface area (Å²) < 4.78 is 6.01. The van der Waals surface area contributed by atoms with Gasteiger partial charge in [-0.3, -0.25) is 4.79 Å². The van der Waals surface area contributed by atoms with E-state index in [9.17, 15) is 4.79 Å². The van der Waals surface area contributed by atoms with E-state index in [2.05, 4.69) is 52.9 Å². The molecule has 1 N–H and O–H groups in total. The third kappa shape index (κ3) is 5.66. The van der Waals surface area contributed by atoms with Crippen molar-refractivity contribution in [3.05, 3.63) is 23.5 Å². The minimum atomic E-state index is 0.0781. The minimum absolute atomic E-state index is 0.0781. The number of allylic oxidation sites excluding steroid dienone is 2. The first-order valence-corrected chi connectivity index (χ1v) is 9.15. The van der Waals surface area contributed by atoms with Gasteiger partial charge in [0.1, 0.15) is 5.76 Å². The lowest BCUT2D eigenvalue weighted by atomic mass is 9.98. The van der Waals surface area contributed by atoms with Crippen LogP contribution in [0.15, 0.2) is 23.5 Å². The van der Waals surface area contributed by atoms with Gasteiger partial charge in [0, 0.05) is 31.1 Å². The van der Waals surface area contributed by atoms with E-state index in [1.807, 2.05) is 11.0 Å². The Balaban J connectivity index is 2.03. The summed E-state index contributed by atoms with van der Waals surface area (Å²) >= 11 is 0. The van der Waals surface area contributed by atoms with Crippen LogP contribution in [0.3, 0.4) is 0 Å². The molecule has 1 heterocycles. The average Bonchev–Trinajstić information content (AvgIpc) is 2.90. The van der Waals surface area contributed by atoms with Crippen molar-refractivity contribution in [2.45, 2.75) is 72.4 Å². The maximum Gasteiger partial charge on any atom is 0.257 e. The molecule has 2 rings (SSSR count). The summed E-state index contributed by atoms with van der Waals surface area (Å²) in [6.45, 7) is 15.2. The fraction of sp³-hybridized carbons (Fsp3) is 0.750. The van der Waals surface area contributed by atoms with Crippen LogP contribution in [0.1, 0.15) is 60.8 Å². The third-order valence-electron chi connectivity index (χ3n) is 4.15. The molecular weight excluding hydrogens is 300 g/mol. The summed E-state index contributed by atoms with van der Waals surface area (Å²) in [6.07, 6.45) is 6.82. The summed E-state index contributed by atoms with van der Waals surface area (Å²) in [4.78, 5) is 14.9. The zero-order valence-corrected chi connectivity index (χ0v) is 16.2. The maximum absolute atomic E-state index is 13.0. The van der Waals surface area contributed by atoms with Gasteiger partial charge >= 0.3 is 0 Å². The van der Waals surface area contributed by atoms with Gasteiger partial charge in [0.2, 0.25) is 0 Å². The zero-order chi connectivity index (χ0) is 18.0. The Morgan fingerprint density at radius 3 is 2.62 bits per heavy atom. The summed E-state index contributed by atoms with van der Waals surface area (Å²) in [5, 5.41) is 3.60. The Labute approximate surface area is 147 Å². The summed E-state index contributed by atoms with van der Waals surface area (Å²) in [7, 11) is 0. The molecule has 0 bridgehead atoms. The molecule has 1 aliphatic carbocycles. The van der Waals surface area contributed by atoms with Crippen molar-refractivity contribution in [1.29, 1.82) is 0 Å². The molecule has 2 aliphatic rings. The van der Waals surface area contributed by atoms with Crippen LogP contribution >= 0.6 is 0 Å². The molecule has 0 spiro atoms. The van der Waals surface area contributed by atoms with Crippen LogP contribution in [0, 0.1) is 5.41 Å². The molecule has 0 aromatic rings. The van der Waals surface area contributed by atoms with Crippen LogP contribution in [-0.4, -0.2) is 42.1 Å². The molecule has 0 saturated carbocycles. The Hall–Kier alpha value is -1.29. The molecular formula is C20H34N2O2. The number of ether oxygens (including phenoxy) is 1. The monoisotopic (exact) mass is 334 g/mol. The number of nitrogens with one attached hydrogen (secondary N) is 1. The lowest BCUT2D eigenvalue weighted by molar-refractivity contribution is -0.126. The first-order valence-electron chi connectivity index (χ1n) is 9.15. The number of carbonyl (C=O) groups is 1. The number of rotatable bonds is 4. The molecule has 0 aromatic heterocycles. The van der Waals surface area contributed by atoms with Crippen molar-refractivity contribution in [3.8, 4) is 0 Å². The van der Waals surface area contributed by atoms with Gasteiger partial charge in [0.15, 0.2) is 0 Å². The van der Waals surface area contributed by atoms with E-state index in [0.717, 1.165) is 43.7 Å². The largest absolute Gasteiger partial charge is 0.497 e. The van der Waals surface area contributed by atoms with E-state index in [-0.39, 0.29) is 16.9 Å². The van der Waals surface area contributed by atoms with E-state index >= 15 is 0 Å². The van der Waals surface area contributed by atoms with E-state index < -0.39 is 0 Å². The van der Waals surface area contributed by atoms with Crippen molar-refractivity contribution >= 4 is 5.91 Å². The summed E-state index contributed by atoms with van der Waals surface area (Å²) in [6, 6.07) is 0.376. The van der Waals surface area contributed by atoms with Gasteiger partial charge in [-0.15, -0.1) is 0 Å². The van der Waals surface area contributed by atoms with Crippen LogP contribution in [0.5, 0.6) is 0 Å². The van der Waals surface area contributed by atoms with E-state index in [1.54, 1.807) is 0 Å². The highest BCUT2D eigenvalue weighted by Crippen LogP contribution is 2.26. The van der Waals surface area contributed by atoms with Gasteiger partial charge in [-0.25, -0.2) is 0 Å². The lowest BCUT2D eigenvalue weighted by Crippen LogP contribution is -2.45. The van der Waals surface area contributed by atoms with Crippen molar-refractivity contribution in [2.24, 2.45) is 5.41 Å². The molecule has 0 unspecified atom stereocenters. The van der Waals surface area contributed by atoms with Gasteiger partial charge in [0.05, 0.1) is 12.2 Å². The van der Waals surface area contributed by atoms with Crippen LogP contribution in [0.4, 0.5) is 0 Å². The van der Waals surface area contributed by atoms with Crippen LogP contribution in [0.2, 0.25) is 0 Å². The van der Waals surface area contributed by atoms with Gasteiger partial charge < -0.3 is 15.0 Å². The highest BCUT2D eigenvalue weighted by molar-refractivity contribution is 5.97. The Morgan fingerprint density at radius 1 is 1.29 bits per heavy atom. The SMILES string of the molecule is CC(C)(C)COC1=C(C(=O)N2CC[C@@H](NC(C)(C)C)C2)C=CCC1. The topological polar surface area (TPSA) is 41.6 Å². The molecule has 0 radical (unpaired) electrons. The summed E-state index contributed by atoms with van der Waals surface area (Å²) in [5.74, 6) is 0.984. The van der Waals surface area contributed by atoms with Crippen LogP contribution in [-0.2, 0) is 9.53 Å². The van der Waals surface area contributed by atoms with Crippen molar-refractivity contribution in [1.82, 2.24) is 10.2 Å². The first-order chi connectivity index (χ1) is 11.1. The van der Waals surface area contributed by atoms with Gasteiger partial charge in [0.25, 0.3) is 5.91 Å². The predicted octanol–water partition coefficient (Wildman–Crippen LogP) is 3.64. The van der Waals surface area contributed by atoms with Gasteiger partial charge in [-0.05, 0) is 39.0 Å². The van der Waals surface area contributed by atoms with E-state index in [4.69, 9.17) is 4.74 Å². The Morgan fingerprint density at radius 2 is 2.00 bits per heavy atom. The molecule has 1 saturated heterocycles. The molecule has 4 nitrogen and oxygen atoms in total. The quantitative estimate of drug-likeness (QED) is 0.853. The second-order valence-electron chi connectivity index (χ2n) is 9.26. The molecule has 0 aromatic carbocycles. The zero-order valence-electron chi connectivity index (χ0n) is 16.2. The fourth-order valence-corrected chi connectivity index (χ4v) is 3.13. The lowest BCUT2D eigenvalue weighted by Gasteiger charge is -2.27. The second-order valence-corrected chi connectivity index (χ2v) is 9.26. The molecule has 1 atom stereocenters. The second kappa shape index (κ2) is 7.30. The maximum atomic E-state index is 13.0. The van der Waals surface area contributed by atoms with Crippen molar-refractivity contribution < 1.29 is 9.53 Å². The highest BCUT2D eigenvalue weighted by atomic mass is 16.5. The molecule has 1 amide bonds. The number of hydrogen-bond acceptors (Lipinski definition) is 3.